The van der Waals surface area contributed by atoms with Crippen LogP contribution in [0.15, 0.2) is 24.3 Å². The summed E-state index contributed by atoms with van der Waals surface area (Å²) in [6.45, 7) is 14.6. The van der Waals surface area contributed by atoms with E-state index < -0.39 is 11.9 Å². The minimum Gasteiger partial charge on any atom is -0.545 e. The molecule has 0 fully saturated rings. The summed E-state index contributed by atoms with van der Waals surface area (Å²) in [6.07, 6.45) is 1.70. The van der Waals surface area contributed by atoms with Gasteiger partial charge in [-0.1, -0.05) is 53.7 Å². The molecule has 4 heteroatoms. The number of hydrogen-bond acceptors (Lipinski definition) is 3. The van der Waals surface area contributed by atoms with Crippen LogP contribution in [0, 0.1) is 6.92 Å². The van der Waals surface area contributed by atoms with E-state index in [4.69, 9.17) is 0 Å². The van der Waals surface area contributed by atoms with Crippen LogP contribution in [-0.4, -0.2) is 11.9 Å². The summed E-state index contributed by atoms with van der Waals surface area (Å²) < 4.78 is 0. The lowest BCUT2D eigenvalue weighted by Gasteiger charge is -2.29. The van der Waals surface area contributed by atoms with Gasteiger partial charge in [-0.05, 0) is 40.5 Å². The SMILES string of the molecule is Cc1cc(C(C)(C)C)cc(C(C)(C)C)c1NC(=O)/C=C/C(=O)[O-]. The first-order valence-electron chi connectivity index (χ1n) is 7.68. The molecule has 1 aromatic rings. The maximum atomic E-state index is 11.9. The molecule has 0 aliphatic heterocycles. The Morgan fingerprint density at radius 2 is 1.57 bits per heavy atom. The van der Waals surface area contributed by atoms with Gasteiger partial charge in [-0.3, -0.25) is 4.79 Å². The molecule has 0 unspecified atom stereocenters. The van der Waals surface area contributed by atoms with Crippen LogP contribution in [0.4, 0.5) is 5.69 Å². The van der Waals surface area contributed by atoms with Crippen LogP contribution in [0.25, 0.3) is 0 Å². The largest absolute Gasteiger partial charge is 0.545 e. The van der Waals surface area contributed by atoms with Crippen LogP contribution in [0.1, 0.15) is 58.2 Å². The zero-order valence-electron chi connectivity index (χ0n) is 15.0. The van der Waals surface area contributed by atoms with E-state index in [1.807, 2.05) is 6.92 Å². The average Bonchev–Trinajstić information content (AvgIpc) is 2.35. The lowest BCUT2D eigenvalue weighted by atomic mass is 9.78. The minimum atomic E-state index is -1.39. The van der Waals surface area contributed by atoms with Gasteiger partial charge in [-0.25, -0.2) is 0 Å². The monoisotopic (exact) mass is 316 g/mol. The summed E-state index contributed by atoms with van der Waals surface area (Å²) in [4.78, 5) is 22.4. The van der Waals surface area contributed by atoms with Crippen LogP contribution < -0.4 is 10.4 Å². The Morgan fingerprint density at radius 1 is 1.00 bits per heavy atom. The zero-order valence-corrected chi connectivity index (χ0v) is 15.0. The van der Waals surface area contributed by atoms with Gasteiger partial charge in [0.25, 0.3) is 0 Å². The zero-order chi connectivity index (χ0) is 18.0. The topological polar surface area (TPSA) is 69.2 Å². The van der Waals surface area contributed by atoms with Gasteiger partial charge in [0.05, 0.1) is 5.97 Å². The van der Waals surface area contributed by atoms with Crippen molar-refractivity contribution in [3.05, 3.63) is 41.0 Å². The number of amides is 1. The van der Waals surface area contributed by atoms with E-state index in [1.165, 1.54) is 5.56 Å². The fourth-order valence-electron chi connectivity index (χ4n) is 2.29. The maximum absolute atomic E-state index is 11.9. The first-order valence-corrected chi connectivity index (χ1v) is 7.68. The van der Waals surface area contributed by atoms with Crippen molar-refractivity contribution in [1.82, 2.24) is 0 Å². The third-order valence-corrected chi connectivity index (χ3v) is 3.63. The van der Waals surface area contributed by atoms with Gasteiger partial charge in [0.15, 0.2) is 0 Å². The van der Waals surface area contributed by atoms with Crippen molar-refractivity contribution in [1.29, 1.82) is 0 Å². The van der Waals surface area contributed by atoms with Crippen LogP contribution >= 0.6 is 0 Å². The number of aryl methyl sites for hydroxylation is 1. The molecule has 0 spiro atoms. The predicted molar refractivity (Wildman–Crippen MR) is 91.4 cm³/mol. The third-order valence-electron chi connectivity index (χ3n) is 3.63. The second kappa shape index (κ2) is 6.57. The van der Waals surface area contributed by atoms with E-state index in [2.05, 4.69) is 59.0 Å². The number of nitrogens with one attached hydrogen (secondary N) is 1. The van der Waals surface area contributed by atoms with Crippen molar-refractivity contribution in [3.63, 3.8) is 0 Å². The van der Waals surface area contributed by atoms with E-state index in [9.17, 15) is 14.7 Å². The maximum Gasteiger partial charge on any atom is 0.248 e. The van der Waals surface area contributed by atoms with Crippen molar-refractivity contribution in [2.45, 2.75) is 59.3 Å². The highest BCUT2D eigenvalue weighted by Gasteiger charge is 2.24. The number of carbonyl (C=O) groups is 2. The van der Waals surface area contributed by atoms with Gasteiger partial charge in [0.1, 0.15) is 0 Å². The Bertz CT molecular complexity index is 644. The first-order chi connectivity index (χ1) is 10.3. The van der Waals surface area contributed by atoms with Gasteiger partial charge in [-0.2, -0.15) is 0 Å². The summed E-state index contributed by atoms with van der Waals surface area (Å²) >= 11 is 0. The van der Waals surface area contributed by atoms with E-state index in [1.54, 1.807) is 0 Å². The number of anilines is 1. The molecule has 4 nitrogen and oxygen atoms in total. The van der Waals surface area contributed by atoms with Gasteiger partial charge in [0.2, 0.25) is 5.91 Å². The molecule has 1 rings (SSSR count). The first kappa shape index (κ1) is 18.9. The molecule has 1 aromatic carbocycles. The van der Waals surface area contributed by atoms with Crippen molar-refractivity contribution in [3.8, 4) is 0 Å². The molecular weight excluding hydrogens is 290 g/mol. The Kier molecular flexibility index (Phi) is 5.41. The summed E-state index contributed by atoms with van der Waals surface area (Å²) in [6, 6.07) is 4.18. The summed E-state index contributed by atoms with van der Waals surface area (Å²) in [5.41, 5.74) is 3.76. The smallest absolute Gasteiger partial charge is 0.248 e. The van der Waals surface area contributed by atoms with Crippen LogP contribution in [0.3, 0.4) is 0 Å². The molecule has 0 aromatic heterocycles. The van der Waals surface area contributed by atoms with Crippen LogP contribution in [0.5, 0.6) is 0 Å². The van der Waals surface area contributed by atoms with Crippen molar-refractivity contribution < 1.29 is 14.7 Å². The number of carbonyl (C=O) groups excluding carboxylic acids is 2. The number of carboxylic acids is 1. The molecular formula is C19H26NO3-. The number of rotatable bonds is 3. The average molecular weight is 316 g/mol. The Labute approximate surface area is 138 Å². The highest BCUT2D eigenvalue weighted by molar-refractivity contribution is 6.03. The number of benzene rings is 1. The normalized spacial score (nSPS) is 12.5. The molecule has 0 aliphatic carbocycles. The molecule has 0 atom stereocenters. The minimum absolute atomic E-state index is 0.00216. The van der Waals surface area contributed by atoms with E-state index >= 15 is 0 Å². The number of hydrogen-bond donors (Lipinski definition) is 1. The second-order valence-corrected chi connectivity index (χ2v) is 7.86. The molecule has 0 saturated heterocycles. The number of aliphatic carboxylic acids is 1. The van der Waals surface area contributed by atoms with Crippen LogP contribution in [-0.2, 0) is 20.4 Å². The summed E-state index contributed by atoms with van der Waals surface area (Å²) in [7, 11) is 0. The molecule has 0 aliphatic rings. The quantitative estimate of drug-likeness (QED) is 0.872. The third kappa shape index (κ3) is 5.23. The van der Waals surface area contributed by atoms with E-state index in [-0.39, 0.29) is 10.8 Å². The van der Waals surface area contributed by atoms with Crippen molar-refractivity contribution in [2.75, 3.05) is 5.32 Å². The fraction of sp³-hybridized carbons (Fsp3) is 0.474. The number of carboxylic acid groups (broad SMARTS) is 1. The summed E-state index contributed by atoms with van der Waals surface area (Å²) in [5, 5.41) is 13.2. The molecule has 23 heavy (non-hydrogen) atoms. The lowest BCUT2D eigenvalue weighted by molar-refractivity contribution is -0.297. The molecule has 0 radical (unpaired) electrons. The molecule has 0 bridgehead atoms. The van der Waals surface area contributed by atoms with E-state index in [0.29, 0.717) is 0 Å². The highest BCUT2D eigenvalue weighted by Crippen LogP contribution is 2.36. The molecule has 1 amide bonds. The van der Waals surface area contributed by atoms with Crippen molar-refractivity contribution in [2.24, 2.45) is 0 Å². The predicted octanol–water partition coefficient (Wildman–Crippen LogP) is 2.83. The Balaban J connectivity index is 3.37. The Morgan fingerprint density at radius 3 is 2.00 bits per heavy atom. The standard InChI is InChI=1S/C19H27NO3/c1-12-10-13(18(2,3)4)11-14(19(5,6)7)17(12)20-15(21)8-9-16(22)23/h8-11H,1-7H3,(H,20,21)(H,22,23)/p-1/b9-8+. The highest BCUT2D eigenvalue weighted by atomic mass is 16.4. The fourth-order valence-corrected chi connectivity index (χ4v) is 2.29. The lowest BCUT2D eigenvalue weighted by Crippen LogP contribution is -2.22. The Hall–Kier alpha value is -2.10. The molecule has 1 N–H and O–H groups in total. The second-order valence-electron chi connectivity index (χ2n) is 7.86. The van der Waals surface area contributed by atoms with Gasteiger partial charge in [-0.15, -0.1) is 0 Å². The van der Waals surface area contributed by atoms with E-state index in [0.717, 1.165) is 29.0 Å². The van der Waals surface area contributed by atoms with Gasteiger partial charge >= 0.3 is 0 Å². The van der Waals surface area contributed by atoms with Gasteiger partial charge < -0.3 is 15.2 Å². The molecule has 0 heterocycles. The van der Waals surface area contributed by atoms with Gasteiger partial charge in [0, 0.05) is 11.8 Å². The molecule has 126 valence electrons. The molecule has 0 saturated carbocycles. The van der Waals surface area contributed by atoms with Crippen LogP contribution in [0.2, 0.25) is 0 Å². The van der Waals surface area contributed by atoms with Crippen molar-refractivity contribution >= 4 is 17.6 Å². The summed E-state index contributed by atoms with van der Waals surface area (Å²) in [5.74, 6) is -1.87.